The molecule has 0 aromatic heterocycles. The van der Waals surface area contributed by atoms with Gasteiger partial charge in [0.15, 0.2) is 12.6 Å². The molecule has 0 saturated carbocycles. The summed E-state index contributed by atoms with van der Waals surface area (Å²) >= 11 is 0. The first kappa shape index (κ1) is 46.4. The summed E-state index contributed by atoms with van der Waals surface area (Å²) in [5.74, 6) is 0. The zero-order chi connectivity index (χ0) is 44.3. The van der Waals surface area contributed by atoms with Gasteiger partial charge in [-0.2, -0.15) is 0 Å². The van der Waals surface area contributed by atoms with Gasteiger partial charge in [-0.1, -0.05) is 182 Å². The number of methoxy groups -OCH3 is 1. The molecular formula is C55H60O10. The Bertz CT molecular complexity index is 2190. The predicted molar refractivity (Wildman–Crippen MR) is 246 cm³/mol. The highest BCUT2D eigenvalue weighted by Crippen LogP contribution is 2.33. The lowest BCUT2D eigenvalue weighted by atomic mass is 9.97. The molecule has 0 bridgehead atoms. The molecule has 0 aliphatic carbocycles. The lowest BCUT2D eigenvalue weighted by Gasteiger charge is -2.46. The molecule has 2 heterocycles. The van der Waals surface area contributed by atoms with Crippen molar-refractivity contribution in [1.82, 2.24) is 0 Å². The summed E-state index contributed by atoms with van der Waals surface area (Å²) in [6.07, 6.45) is -5.02. The van der Waals surface area contributed by atoms with Crippen LogP contribution >= 0.6 is 0 Å². The van der Waals surface area contributed by atoms with E-state index in [1.54, 1.807) is 7.11 Å². The average Bonchev–Trinajstić information content (AvgIpc) is 3.37. The fraction of sp³-hybridized carbons (Fsp3) is 0.345. The van der Waals surface area contributed by atoms with Gasteiger partial charge in [-0.3, -0.25) is 0 Å². The quantitative estimate of drug-likeness (QED) is 0.0620. The Labute approximate surface area is 383 Å². The number of hydrogen-bond acceptors (Lipinski definition) is 10. The second-order valence-electron chi connectivity index (χ2n) is 16.3. The van der Waals surface area contributed by atoms with Crippen LogP contribution < -0.4 is 0 Å². The number of ether oxygens (including phenoxy) is 10. The molecule has 340 valence electrons. The maximum absolute atomic E-state index is 6.84. The van der Waals surface area contributed by atoms with Crippen LogP contribution in [-0.4, -0.2) is 75.6 Å². The van der Waals surface area contributed by atoms with E-state index in [1.165, 1.54) is 0 Å². The van der Waals surface area contributed by atoms with Crippen LogP contribution in [0.4, 0.5) is 0 Å². The van der Waals surface area contributed by atoms with E-state index in [9.17, 15) is 0 Å². The second-order valence-corrected chi connectivity index (χ2v) is 16.3. The van der Waals surface area contributed by atoms with Crippen molar-refractivity contribution < 1.29 is 47.4 Å². The molecule has 0 amide bonds. The van der Waals surface area contributed by atoms with E-state index in [1.807, 2.05) is 158 Å². The number of hydrogen-bond donors (Lipinski definition) is 0. The van der Waals surface area contributed by atoms with Crippen molar-refractivity contribution in [2.45, 2.75) is 101 Å². The summed E-state index contributed by atoms with van der Waals surface area (Å²) in [6.45, 7) is 2.51. The molecule has 0 spiro atoms. The maximum atomic E-state index is 6.84. The van der Waals surface area contributed by atoms with Crippen LogP contribution in [0, 0.1) is 0 Å². The van der Waals surface area contributed by atoms with Gasteiger partial charge in [0, 0.05) is 13.5 Å². The van der Waals surface area contributed by atoms with Gasteiger partial charge >= 0.3 is 0 Å². The third-order valence-electron chi connectivity index (χ3n) is 11.6. The Balaban J connectivity index is 1.05. The largest absolute Gasteiger partial charge is 0.374 e. The smallest absolute Gasteiger partial charge is 0.186 e. The van der Waals surface area contributed by atoms with Gasteiger partial charge in [-0.15, -0.1) is 0 Å². The minimum Gasteiger partial charge on any atom is -0.374 e. The monoisotopic (exact) mass is 880 g/mol. The van der Waals surface area contributed by atoms with Crippen LogP contribution in [0.15, 0.2) is 182 Å². The van der Waals surface area contributed by atoms with Gasteiger partial charge < -0.3 is 47.4 Å². The first-order valence-corrected chi connectivity index (χ1v) is 22.5. The van der Waals surface area contributed by atoms with Gasteiger partial charge in [-0.25, -0.2) is 0 Å². The Morgan fingerprint density at radius 3 is 1.18 bits per heavy atom. The summed E-state index contributed by atoms with van der Waals surface area (Å²) in [7, 11) is 1.62. The van der Waals surface area contributed by atoms with E-state index in [0.717, 1.165) is 33.4 Å². The Hall–Kier alpha value is -5.08. The summed E-state index contributed by atoms with van der Waals surface area (Å²) in [5.41, 5.74) is 6.22. The molecule has 10 heteroatoms. The van der Waals surface area contributed by atoms with Gasteiger partial charge in [0.2, 0.25) is 0 Å². The number of rotatable bonds is 23. The van der Waals surface area contributed by atoms with Crippen LogP contribution in [0.1, 0.15) is 39.8 Å². The number of benzene rings is 6. The predicted octanol–water partition coefficient (Wildman–Crippen LogP) is 9.63. The summed E-state index contributed by atoms with van der Waals surface area (Å²) < 4.78 is 66.6. The zero-order valence-electron chi connectivity index (χ0n) is 37.0. The SMILES string of the molecule is CO[C@H]1O[C@H](CO[C@H]2C[C@@H](OCc3ccccc3)[C@H](OCc3ccccc3)[C@@H](COCc3ccccc3)O2)[C@@H](OCc2ccccc2)[C@H](OCc2ccccc2)[C@@H]1OCc1ccccc1. The van der Waals surface area contributed by atoms with E-state index < -0.39 is 55.3 Å². The van der Waals surface area contributed by atoms with Crippen LogP contribution in [0.25, 0.3) is 0 Å². The fourth-order valence-electron chi connectivity index (χ4n) is 8.19. The lowest BCUT2D eigenvalue weighted by molar-refractivity contribution is -0.334. The molecule has 0 unspecified atom stereocenters. The van der Waals surface area contributed by atoms with Gasteiger partial charge in [0.1, 0.15) is 36.6 Å². The molecule has 8 rings (SSSR count). The molecule has 6 aromatic carbocycles. The highest BCUT2D eigenvalue weighted by atomic mass is 16.7. The Morgan fingerprint density at radius 2 is 0.738 bits per heavy atom. The molecule has 0 radical (unpaired) electrons. The molecule has 2 aliphatic heterocycles. The Kier molecular flexibility index (Phi) is 17.9. The van der Waals surface area contributed by atoms with E-state index in [-0.39, 0.29) is 13.2 Å². The first-order valence-electron chi connectivity index (χ1n) is 22.5. The topological polar surface area (TPSA) is 92.3 Å². The minimum absolute atomic E-state index is 0.0964. The average molecular weight is 881 g/mol. The minimum atomic E-state index is -0.797. The molecule has 2 fully saturated rings. The lowest BCUT2D eigenvalue weighted by Crippen LogP contribution is -2.62. The molecule has 9 atom stereocenters. The molecule has 6 aromatic rings. The molecule has 0 N–H and O–H groups in total. The molecule has 65 heavy (non-hydrogen) atoms. The first-order chi connectivity index (χ1) is 32.2. The van der Waals surface area contributed by atoms with E-state index in [0.29, 0.717) is 46.1 Å². The third-order valence-corrected chi connectivity index (χ3v) is 11.6. The fourth-order valence-corrected chi connectivity index (χ4v) is 8.19. The van der Waals surface area contributed by atoms with Gasteiger partial charge in [-0.05, 0) is 33.4 Å². The van der Waals surface area contributed by atoms with Crippen molar-refractivity contribution in [1.29, 1.82) is 0 Å². The highest BCUT2D eigenvalue weighted by molar-refractivity contribution is 5.18. The van der Waals surface area contributed by atoms with Gasteiger partial charge in [0.25, 0.3) is 0 Å². The summed E-state index contributed by atoms with van der Waals surface area (Å²) in [6, 6.07) is 60.6. The zero-order valence-corrected chi connectivity index (χ0v) is 37.0. The summed E-state index contributed by atoms with van der Waals surface area (Å²) in [5, 5.41) is 0. The van der Waals surface area contributed by atoms with Crippen molar-refractivity contribution in [2.24, 2.45) is 0 Å². The van der Waals surface area contributed by atoms with E-state index in [2.05, 4.69) is 24.3 Å². The molecule has 2 aliphatic rings. The molecular weight excluding hydrogens is 821 g/mol. The van der Waals surface area contributed by atoms with E-state index >= 15 is 0 Å². The van der Waals surface area contributed by atoms with Crippen LogP contribution in [0.3, 0.4) is 0 Å². The van der Waals surface area contributed by atoms with Crippen molar-refractivity contribution in [3.8, 4) is 0 Å². The van der Waals surface area contributed by atoms with Gasteiger partial charge in [0.05, 0.1) is 59.0 Å². The van der Waals surface area contributed by atoms with Crippen molar-refractivity contribution >= 4 is 0 Å². The van der Waals surface area contributed by atoms with Crippen LogP contribution in [0.2, 0.25) is 0 Å². The normalized spacial score (nSPS) is 24.4. The molecule has 10 nitrogen and oxygen atoms in total. The van der Waals surface area contributed by atoms with E-state index in [4.69, 9.17) is 47.4 Å². The highest BCUT2D eigenvalue weighted by Gasteiger charge is 2.50. The maximum Gasteiger partial charge on any atom is 0.186 e. The van der Waals surface area contributed by atoms with Crippen LogP contribution in [0.5, 0.6) is 0 Å². The second kappa shape index (κ2) is 25.0. The third kappa shape index (κ3) is 14.0. The van der Waals surface area contributed by atoms with Crippen molar-refractivity contribution in [2.75, 3.05) is 20.3 Å². The standard InChI is InChI=1S/C55H60O10/c1-56-55-54(63-38-46-30-18-7-19-31-46)53(62-37-45-28-16-6-17-29-45)52(61-36-44-26-14-5-15-27-44)49(65-55)40-59-50-32-47(58-34-42-22-10-3-11-23-42)51(60-35-43-24-12-4-13-25-43)48(64-50)39-57-33-41-20-8-2-9-21-41/h2-31,47-55H,32-40H2,1H3/t47-,48-,49-,50-,51+,52-,53+,54+,55+/m1/s1. The summed E-state index contributed by atoms with van der Waals surface area (Å²) in [4.78, 5) is 0. The van der Waals surface area contributed by atoms with Crippen molar-refractivity contribution in [3.05, 3.63) is 215 Å². The Morgan fingerprint density at radius 1 is 0.369 bits per heavy atom. The molecule has 2 saturated heterocycles. The van der Waals surface area contributed by atoms with Crippen LogP contribution in [-0.2, 0) is 87.0 Å². The van der Waals surface area contributed by atoms with Crippen molar-refractivity contribution in [3.63, 3.8) is 0 Å².